The smallest absolute Gasteiger partial charge is 0.253 e. The van der Waals surface area contributed by atoms with Gasteiger partial charge in [-0.05, 0) is 12.8 Å². The number of likely N-dealkylation sites (tertiary alicyclic amines) is 2. The van der Waals surface area contributed by atoms with Crippen molar-refractivity contribution in [3.63, 3.8) is 0 Å². The van der Waals surface area contributed by atoms with Crippen molar-refractivity contribution in [2.45, 2.75) is 31.4 Å². The molecule has 0 aromatic carbocycles. The van der Waals surface area contributed by atoms with E-state index in [4.69, 9.17) is 5.73 Å². The van der Waals surface area contributed by atoms with Gasteiger partial charge in [-0.3, -0.25) is 9.59 Å². The molecule has 96 valence electrons. The van der Waals surface area contributed by atoms with Crippen molar-refractivity contribution < 1.29 is 14.7 Å². The molecule has 0 spiro atoms. The summed E-state index contributed by atoms with van der Waals surface area (Å²) in [5, 5.41) is 9.81. The molecule has 0 aliphatic carbocycles. The predicted octanol–water partition coefficient (Wildman–Crippen LogP) is -1.47. The van der Waals surface area contributed by atoms with E-state index in [0.29, 0.717) is 26.1 Å². The van der Waals surface area contributed by atoms with Crippen molar-refractivity contribution in [3.05, 3.63) is 0 Å². The highest BCUT2D eigenvalue weighted by molar-refractivity contribution is 5.82. The molecule has 1 unspecified atom stereocenters. The summed E-state index contributed by atoms with van der Waals surface area (Å²) in [4.78, 5) is 26.3. The molecule has 3 N–H and O–H groups in total. The van der Waals surface area contributed by atoms with Gasteiger partial charge in [-0.25, -0.2) is 0 Å². The van der Waals surface area contributed by atoms with Gasteiger partial charge in [0.05, 0.1) is 6.04 Å². The number of nitrogens with two attached hydrogens (primary N) is 1. The van der Waals surface area contributed by atoms with E-state index >= 15 is 0 Å². The second kappa shape index (κ2) is 5.01. The number of aliphatic hydroxyl groups is 1. The first-order valence-corrected chi connectivity index (χ1v) is 6.10. The zero-order valence-corrected chi connectivity index (χ0v) is 9.84. The Hall–Kier alpha value is -1.14. The van der Waals surface area contributed by atoms with E-state index < -0.39 is 12.1 Å². The maximum Gasteiger partial charge on any atom is 0.253 e. The topological polar surface area (TPSA) is 86.9 Å². The molecule has 0 aromatic heterocycles. The average molecular weight is 241 g/mol. The van der Waals surface area contributed by atoms with Crippen LogP contribution in [0.3, 0.4) is 0 Å². The lowest BCUT2D eigenvalue weighted by molar-refractivity contribution is -0.145. The van der Waals surface area contributed by atoms with E-state index in [0.717, 1.165) is 12.8 Å². The first-order chi connectivity index (χ1) is 8.09. The first kappa shape index (κ1) is 12.3. The van der Waals surface area contributed by atoms with E-state index in [1.165, 1.54) is 0 Å². The Balaban J connectivity index is 1.83. The Morgan fingerprint density at radius 3 is 2.53 bits per heavy atom. The summed E-state index contributed by atoms with van der Waals surface area (Å²) in [6, 6.07) is -0.690. The van der Waals surface area contributed by atoms with Gasteiger partial charge in [-0.1, -0.05) is 0 Å². The molecule has 2 heterocycles. The molecule has 2 aliphatic rings. The molecule has 6 nitrogen and oxygen atoms in total. The van der Waals surface area contributed by atoms with Crippen molar-refractivity contribution in [3.8, 4) is 0 Å². The molecule has 2 atom stereocenters. The lowest BCUT2D eigenvalue weighted by atomic mass is 10.1. The lowest BCUT2D eigenvalue weighted by Gasteiger charge is -2.34. The Bertz CT molecular complexity index is 317. The van der Waals surface area contributed by atoms with Crippen LogP contribution >= 0.6 is 0 Å². The largest absolute Gasteiger partial charge is 0.382 e. The molecule has 2 rings (SSSR count). The third-order valence-electron chi connectivity index (χ3n) is 3.43. The van der Waals surface area contributed by atoms with E-state index in [2.05, 4.69) is 0 Å². The van der Waals surface area contributed by atoms with Crippen LogP contribution in [0.4, 0.5) is 0 Å². The van der Waals surface area contributed by atoms with Crippen molar-refractivity contribution in [2.24, 2.45) is 5.73 Å². The third-order valence-corrected chi connectivity index (χ3v) is 3.43. The highest BCUT2D eigenvalue weighted by Crippen LogP contribution is 2.13. The van der Waals surface area contributed by atoms with Crippen LogP contribution in [0.2, 0.25) is 0 Å². The number of hydrogen-bond acceptors (Lipinski definition) is 4. The van der Waals surface area contributed by atoms with Crippen LogP contribution in [0.1, 0.15) is 19.3 Å². The van der Waals surface area contributed by atoms with E-state index in [9.17, 15) is 14.7 Å². The highest BCUT2D eigenvalue weighted by atomic mass is 16.3. The normalized spacial score (nSPS) is 23.5. The van der Waals surface area contributed by atoms with Gasteiger partial charge in [0.2, 0.25) is 5.91 Å². The maximum atomic E-state index is 11.7. The Morgan fingerprint density at radius 2 is 2.06 bits per heavy atom. The van der Waals surface area contributed by atoms with Crippen molar-refractivity contribution >= 4 is 11.8 Å². The van der Waals surface area contributed by atoms with Crippen molar-refractivity contribution in [1.29, 1.82) is 0 Å². The molecule has 2 amide bonds. The zero-order valence-electron chi connectivity index (χ0n) is 9.84. The molecule has 0 aromatic rings. The summed E-state index contributed by atoms with van der Waals surface area (Å²) in [7, 11) is 0. The number of aliphatic hydroxyl groups excluding tert-OH is 1. The third kappa shape index (κ3) is 2.58. The van der Waals surface area contributed by atoms with Gasteiger partial charge in [0.25, 0.3) is 5.91 Å². The van der Waals surface area contributed by atoms with Gasteiger partial charge < -0.3 is 20.6 Å². The van der Waals surface area contributed by atoms with E-state index in [-0.39, 0.29) is 18.4 Å². The van der Waals surface area contributed by atoms with Gasteiger partial charge in [0.1, 0.15) is 6.10 Å². The maximum absolute atomic E-state index is 11.7. The van der Waals surface area contributed by atoms with Gasteiger partial charge in [-0.2, -0.15) is 0 Å². The fourth-order valence-corrected chi connectivity index (χ4v) is 2.16. The summed E-state index contributed by atoms with van der Waals surface area (Å²) in [5.41, 5.74) is 5.79. The lowest BCUT2D eigenvalue weighted by Crippen LogP contribution is -2.55. The number of amides is 2. The van der Waals surface area contributed by atoms with Gasteiger partial charge in [0.15, 0.2) is 0 Å². The molecule has 0 saturated carbocycles. The van der Waals surface area contributed by atoms with E-state index in [1.54, 1.807) is 9.80 Å². The Labute approximate surface area is 100 Å². The second-order valence-electron chi connectivity index (χ2n) is 4.73. The molecule has 0 radical (unpaired) electrons. The summed E-state index contributed by atoms with van der Waals surface area (Å²) in [6.45, 7) is 2.34. The molecule has 17 heavy (non-hydrogen) atoms. The van der Waals surface area contributed by atoms with Crippen LogP contribution in [-0.2, 0) is 9.59 Å². The van der Waals surface area contributed by atoms with Gasteiger partial charge >= 0.3 is 0 Å². The SMILES string of the molecule is N[C@@H](CN1CCCC1=O)C(O)C(=O)N1CCC1. The average Bonchev–Trinajstić information content (AvgIpc) is 2.60. The minimum atomic E-state index is -1.19. The summed E-state index contributed by atoms with van der Waals surface area (Å²) >= 11 is 0. The molecular weight excluding hydrogens is 222 g/mol. The van der Waals surface area contributed by atoms with Crippen LogP contribution in [-0.4, -0.2) is 65.0 Å². The van der Waals surface area contributed by atoms with Crippen LogP contribution in [0.5, 0.6) is 0 Å². The van der Waals surface area contributed by atoms with Crippen molar-refractivity contribution in [1.82, 2.24) is 9.80 Å². The fraction of sp³-hybridized carbons (Fsp3) is 0.818. The Kier molecular flexibility index (Phi) is 3.63. The molecule has 2 aliphatic heterocycles. The summed E-state index contributed by atoms with van der Waals surface area (Å²) in [5.74, 6) is -0.251. The second-order valence-corrected chi connectivity index (χ2v) is 4.73. The van der Waals surface area contributed by atoms with Crippen LogP contribution in [0.15, 0.2) is 0 Å². The minimum absolute atomic E-state index is 0.0593. The predicted molar refractivity (Wildman–Crippen MR) is 61.0 cm³/mol. The number of hydrogen-bond donors (Lipinski definition) is 2. The molecular formula is C11H19N3O3. The number of carbonyl (C=O) groups excluding carboxylic acids is 2. The first-order valence-electron chi connectivity index (χ1n) is 6.10. The van der Waals surface area contributed by atoms with Crippen molar-refractivity contribution in [2.75, 3.05) is 26.2 Å². The highest BCUT2D eigenvalue weighted by Gasteiger charge is 2.32. The molecule has 6 heteroatoms. The number of carbonyl (C=O) groups is 2. The number of nitrogens with zero attached hydrogens (tertiary/aromatic N) is 2. The Morgan fingerprint density at radius 1 is 1.35 bits per heavy atom. The van der Waals surface area contributed by atoms with E-state index in [1.807, 2.05) is 0 Å². The van der Waals surface area contributed by atoms with Crippen LogP contribution in [0, 0.1) is 0 Å². The quantitative estimate of drug-likeness (QED) is 0.629. The van der Waals surface area contributed by atoms with Gasteiger partial charge in [-0.15, -0.1) is 0 Å². The van der Waals surface area contributed by atoms with Gasteiger partial charge in [0, 0.05) is 32.6 Å². The van der Waals surface area contributed by atoms with Crippen LogP contribution in [0.25, 0.3) is 0 Å². The number of rotatable bonds is 4. The fourth-order valence-electron chi connectivity index (χ4n) is 2.16. The molecule has 0 bridgehead atoms. The zero-order chi connectivity index (χ0) is 12.4. The summed E-state index contributed by atoms with van der Waals surface area (Å²) < 4.78 is 0. The standard InChI is InChI=1S/C11H19N3O3/c12-8(7-14-4-1-3-9(14)15)10(16)11(17)13-5-2-6-13/h8,10,16H,1-7,12H2/t8-,10?/m0/s1. The monoisotopic (exact) mass is 241 g/mol. The van der Waals surface area contributed by atoms with Crippen LogP contribution < -0.4 is 5.73 Å². The molecule has 2 saturated heterocycles. The summed E-state index contributed by atoms with van der Waals surface area (Å²) in [6.07, 6.45) is 1.17. The molecule has 2 fully saturated rings. The minimum Gasteiger partial charge on any atom is -0.382 e.